The zero-order chi connectivity index (χ0) is 22.1. The topological polar surface area (TPSA) is 105 Å². The maximum Gasteiger partial charge on any atom is 0.364 e. The molecule has 1 saturated heterocycles. The van der Waals surface area contributed by atoms with Gasteiger partial charge in [-0.1, -0.05) is 6.07 Å². The highest BCUT2D eigenvalue weighted by Crippen LogP contribution is 2.22. The first-order chi connectivity index (χ1) is 14.9. The van der Waals surface area contributed by atoms with E-state index in [1.54, 1.807) is 0 Å². The van der Waals surface area contributed by atoms with Crippen molar-refractivity contribution >= 4 is 16.7 Å². The van der Waals surface area contributed by atoms with Crippen molar-refractivity contribution in [2.24, 2.45) is 5.92 Å². The van der Waals surface area contributed by atoms with E-state index >= 15 is 0 Å². The van der Waals surface area contributed by atoms with Gasteiger partial charge < -0.3 is 15.2 Å². The monoisotopic (exact) mass is 427 g/mol. The molecule has 4 rings (SSSR count). The third kappa shape index (κ3) is 3.96. The van der Waals surface area contributed by atoms with Crippen LogP contribution in [0.4, 0.5) is 4.39 Å². The summed E-state index contributed by atoms with van der Waals surface area (Å²) in [6, 6.07) is 9.67. The number of aromatic hydroxyl groups is 1. The van der Waals surface area contributed by atoms with E-state index in [-0.39, 0.29) is 40.7 Å². The Morgan fingerprint density at radius 2 is 1.71 bits per heavy atom. The van der Waals surface area contributed by atoms with Crippen LogP contribution in [0.15, 0.2) is 52.1 Å². The highest BCUT2D eigenvalue weighted by Gasteiger charge is 2.26. The fraction of sp³-hybridized carbons (Fsp3) is 0.318. The Kier molecular flexibility index (Phi) is 5.60. The first-order valence-electron chi connectivity index (χ1n) is 10.1. The first-order valence-corrected chi connectivity index (χ1v) is 10.1. The number of benzene rings is 2. The number of fused-ring (bicyclic) bond motifs is 1. The van der Waals surface area contributed by atoms with Gasteiger partial charge >= 0.3 is 5.69 Å². The Balaban J connectivity index is 1.43. The van der Waals surface area contributed by atoms with E-state index in [1.807, 2.05) is 4.90 Å². The molecule has 9 heteroatoms. The number of Topliss-reactive ketones (excluding diaryl/α,β-unsaturated/α-hetero) is 1. The molecule has 0 spiro atoms. The van der Waals surface area contributed by atoms with Gasteiger partial charge in [-0.3, -0.25) is 14.2 Å². The van der Waals surface area contributed by atoms with Crippen LogP contribution in [0.3, 0.4) is 0 Å². The highest BCUT2D eigenvalue weighted by molar-refractivity contribution is 5.97. The molecular formula is C22H22FN3O5. The van der Waals surface area contributed by atoms with E-state index in [0.29, 0.717) is 42.8 Å². The van der Waals surface area contributed by atoms with E-state index in [0.717, 1.165) is 4.57 Å². The quantitative estimate of drug-likeness (QED) is 0.476. The molecule has 0 atom stereocenters. The van der Waals surface area contributed by atoms with Crippen molar-refractivity contribution in [1.29, 1.82) is 0 Å². The molecule has 1 aliphatic rings. The number of aromatic nitrogens is 2. The van der Waals surface area contributed by atoms with E-state index in [1.165, 1.54) is 42.5 Å². The van der Waals surface area contributed by atoms with Crippen LogP contribution in [0.5, 0.6) is 5.75 Å². The number of nitrogens with zero attached hydrogens (tertiary/aromatic N) is 3. The average Bonchev–Trinajstić information content (AvgIpc) is 2.78. The fourth-order valence-corrected chi connectivity index (χ4v) is 4.07. The summed E-state index contributed by atoms with van der Waals surface area (Å²) in [5.74, 6) is -0.856. The molecule has 0 saturated carbocycles. The Hall–Kier alpha value is -3.46. The third-order valence-electron chi connectivity index (χ3n) is 5.85. The number of hydrogen-bond donors (Lipinski definition) is 2. The summed E-state index contributed by atoms with van der Waals surface area (Å²) in [5, 5.41) is 20.0. The van der Waals surface area contributed by atoms with Crippen molar-refractivity contribution in [2.45, 2.75) is 19.4 Å². The van der Waals surface area contributed by atoms with E-state index in [4.69, 9.17) is 0 Å². The average molecular weight is 427 g/mol. The van der Waals surface area contributed by atoms with Gasteiger partial charge in [0, 0.05) is 24.6 Å². The number of likely N-dealkylation sites (tertiary alicyclic amines) is 1. The molecule has 8 nitrogen and oxygen atoms in total. The van der Waals surface area contributed by atoms with Crippen LogP contribution in [0, 0.1) is 11.7 Å². The summed E-state index contributed by atoms with van der Waals surface area (Å²) in [6.45, 7) is 1.64. The number of ketones is 1. The van der Waals surface area contributed by atoms with E-state index in [2.05, 4.69) is 0 Å². The van der Waals surface area contributed by atoms with Gasteiger partial charge in [-0.2, -0.15) is 0 Å². The van der Waals surface area contributed by atoms with Crippen LogP contribution in [0.1, 0.15) is 23.2 Å². The number of phenolic OH excluding ortho intramolecular Hbond substituents is 1. The second kappa shape index (κ2) is 8.35. The Labute approximate surface area is 176 Å². The number of hydrogen-bond acceptors (Lipinski definition) is 6. The lowest BCUT2D eigenvalue weighted by Gasteiger charge is -2.31. The summed E-state index contributed by atoms with van der Waals surface area (Å²) < 4.78 is 14.3. The number of piperidine rings is 1. The van der Waals surface area contributed by atoms with Crippen LogP contribution in [-0.4, -0.2) is 49.9 Å². The maximum atomic E-state index is 13.1. The van der Waals surface area contributed by atoms with Gasteiger partial charge in [-0.05, 0) is 62.3 Å². The molecular weight excluding hydrogens is 405 g/mol. The van der Waals surface area contributed by atoms with E-state index in [9.17, 15) is 29.1 Å². The van der Waals surface area contributed by atoms with Gasteiger partial charge in [-0.25, -0.2) is 9.18 Å². The molecule has 0 amide bonds. The molecule has 162 valence electrons. The Bertz CT molecular complexity index is 1240. The minimum atomic E-state index is -0.871. The highest BCUT2D eigenvalue weighted by atomic mass is 19.1. The minimum absolute atomic E-state index is 0.0101. The van der Waals surface area contributed by atoms with Gasteiger partial charge in [0.25, 0.3) is 5.56 Å². The second-order valence-corrected chi connectivity index (χ2v) is 7.71. The second-order valence-electron chi connectivity index (χ2n) is 7.71. The zero-order valence-electron chi connectivity index (χ0n) is 16.7. The molecule has 1 aromatic heterocycles. The molecule has 2 N–H and O–H groups in total. The summed E-state index contributed by atoms with van der Waals surface area (Å²) >= 11 is 0. The van der Waals surface area contributed by atoms with Crippen LogP contribution in [0.25, 0.3) is 10.9 Å². The molecule has 2 heterocycles. The van der Waals surface area contributed by atoms with Crippen LogP contribution < -0.4 is 11.2 Å². The van der Waals surface area contributed by atoms with Gasteiger partial charge in [0.1, 0.15) is 22.5 Å². The molecule has 1 aliphatic heterocycles. The molecule has 0 radical (unpaired) electrons. The van der Waals surface area contributed by atoms with Crippen molar-refractivity contribution < 1.29 is 19.5 Å². The van der Waals surface area contributed by atoms with Gasteiger partial charge in [0.2, 0.25) is 0 Å². The molecule has 31 heavy (non-hydrogen) atoms. The van der Waals surface area contributed by atoms with Crippen LogP contribution in [0.2, 0.25) is 0 Å². The number of carbonyl (C=O) groups excluding carboxylic acids is 1. The lowest BCUT2D eigenvalue weighted by molar-refractivity contribution is 0.0836. The SMILES string of the molecule is O=C(c1ccc(F)cc1)C1CCN(CCn2c(=O)c3c(O)cccc3n(O)c2=O)CC1. The minimum Gasteiger partial charge on any atom is -0.507 e. The van der Waals surface area contributed by atoms with E-state index < -0.39 is 11.2 Å². The molecule has 3 aromatic rings. The molecule has 0 unspecified atom stereocenters. The number of halogens is 1. The lowest BCUT2D eigenvalue weighted by atomic mass is 9.89. The third-order valence-corrected chi connectivity index (χ3v) is 5.85. The number of rotatable bonds is 5. The predicted molar refractivity (Wildman–Crippen MR) is 111 cm³/mol. The van der Waals surface area contributed by atoms with Crippen molar-refractivity contribution in [2.75, 3.05) is 19.6 Å². The molecule has 2 aromatic carbocycles. The summed E-state index contributed by atoms with van der Waals surface area (Å²) in [7, 11) is 0. The fourth-order valence-electron chi connectivity index (χ4n) is 4.07. The van der Waals surface area contributed by atoms with Gasteiger partial charge in [0.15, 0.2) is 5.78 Å². The van der Waals surface area contributed by atoms with Gasteiger partial charge in [0.05, 0.1) is 0 Å². The van der Waals surface area contributed by atoms with Crippen molar-refractivity contribution in [3.8, 4) is 5.75 Å². The van der Waals surface area contributed by atoms with Crippen LogP contribution in [-0.2, 0) is 6.54 Å². The molecule has 0 bridgehead atoms. The largest absolute Gasteiger partial charge is 0.507 e. The smallest absolute Gasteiger partial charge is 0.364 e. The van der Waals surface area contributed by atoms with Crippen molar-refractivity contribution in [1.82, 2.24) is 14.2 Å². The number of carbonyl (C=O) groups is 1. The van der Waals surface area contributed by atoms with Crippen molar-refractivity contribution in [3.05, 3.63) is 74.7 Å². The summed E-state index contributed by atoms with van der Waals surface area (Å²) in [5.41, 5.74) is -1.09. The standard InChI is InChI=1S/C22H22FN3O5/c23-16-6-4-14(5-7-16)20(28)15-8-10-24(11-9-15)12-13-25-21(29)19-17(26(31)22(25)30)2-1-3-18(19)27/h1-7,15,27,31H,8-13H2. The normalized spacial score (nSPS) is 15.4. The van der Waals surface area contributed by atoms with Crippen molar-refractivity contribution in [3.63, 3.8) is 0 Å². The summed E-state index contributed by atoms with van der Waals surface area (Å²) in [4.78, 5) is 39.8. The molecule has 0 aliphatic carbocycles. The molecule has 1 fully saturated rings. The number of phenols is 1. The lowest BCUT2D eigenvalue weighted by Crippen LogP contribution is -2.44. The Morgan fingerprint density at radius 3 is 2.39 bits per heavy atom. The Morgan fingerprint density at radius 1 is 1.03 bits per heavy atom. The zero-order valence-corrected chi connectivity index (χ0v) is 16.7. The summed E-state index contributed by atoms with van der Waals surface area (Å²) in [6.07, 6.45) is 1.24. The van der Waals surface area contributed by atoms with Gasteiger partial charge in [-0.15, -0.1) is 4.73 Å². The first kappa shape index (κ1) is 20.8. The predicted octanol–water partition coefficient (Wildman–Crippen LogP) is 1.84. The maximum absolute atomic E-state index is 13.1. The van der Waals surface area contributed by atoms with Crippen LogP contribution >= 0.6 is 0 Å².